The van der Waals surface area contributed by atoms with E-state index < -0.39 is 27.9 Å². The van der Waals surface area contributed by atoms with Crippen molar-refractivity contribution in [3.05, 3.63) is 27.8 Å². The molecule has 1 heterocycles. The third-order valence-corrected chi connectivity index (χ3v) is 6.21. The number of carboxylic acid groups (broad SMARTS) is 1. The van der Waals surface area contributed by atoms with Gasteiger partial charge in [-0.25, -0.2) is 8.42 Å². The van der Waals surface area contributed by atoms with Crippen LogP contribution in [-0.4, -0.2) is 66.8 Å². The number of hydrogen-bond donors (Lipinski definition) is 2. The van der Waals surface area contributed by atoms with Crippen LogP contribution in [-0.2, 0) is 19.6 Å². The highest BCUT2D eigenvalue weighted by molar-refractivity contribution is 14.1. The van der Waals surface area contributed by atoms with E-state index in [0.29, 0.717) is 0 Å². The Balaban J connectivity index is 2.32. The zero-order valence-electron chi connectivity index (χ0n) is 12.1. The molecule has 0 saturated carbocycles. The molecule has 0 aromatic heterocycles. The predicted molar refractivity (Wildman–Crippen MR) is 90.1 cm³/mol. The number of carboxylic acids is 1. The van der Waals surface area contributed by atoms with Gasteiger partial charge in [0.15, 0.2) is 0 Å². The van der Waals surface area contributed by atoms with Crippen molar-refractivity contribution in [3.63, 3.8) is 0 Å². The average molecular weight is 453 g/mol. The molecule has 1 unspecified atom stereocenters. The molecule has 1 amide bonds. The van der Waals surface area contributed by atoms with Gasteiger partial charge in [0.2, 0.25) is 15.9 Å². The van der Waals surface area contributed by atoms with Crippen LogP contribution < -0.4 is 5.73 Å². The summed E-state index contributed by atoms with van der Waals surface area (Å²) in [6.07, 6.45) is 0. The van der Waals surface area contributed by atoms with Gasteiger partial charge in [0.05, 0.1) is 11.4 Å². The molecule has 1 aliphatic rings. The van der Waals surface area contributed by atoms with Crippen LogP contribution in [0.25, 0.3) is 0 Å². The third kappa shape index (κ3) is 3.82. The van der Waals surface area contributed by atoms with E-state index in [1.54, 1.807) is 12.1 Å². The van der Waals surface area contributed by atoms with Crippen LogP contribution in [0, 0.1) is 3.57 Å². The number of benzene rings is 1. The Hall–Kier alpha value is -1.24. The summed E-state index contributed by atoms with van der Waals surface area (Å²) in [4.78, 5) is 24.4. The summed E-state index contributed by atoms with van der Waals surface area (Å²) in [6, 6.07) is 4.82. The summed E-state index contributed by atoms with van der Waals surface area (Å²) in [5, 5.41) is 9.36. The van der Waals surface area contributed by atoms with Crippen molar-refractivity contribution in [2.75, 3.05) is 26.2 Å². The number of piperazine rings is 1. The van der Waals surface area contributed by atoms with Crippen LogP contribution in [0.4, 0.5) is 0 Å². The molecule has 0 spiro atoms. The number of halogens is 1. The van der Waals surface area contributed by atoms with E-state index in [1.165, 1.54) is 17.0 Å². The monoisotopic (exact) mass is 453 g/mol. The van der Waals surface area contributed by atoms with Gasteiger partial charge < -0.3 is 15.7 Å². The average Bonchev–Trinajstić information content (AvgIpc) is 2.53. The maximum atomic E-state index is 12.7. The Morgan fingerprint density at radius 2 is 1.87 bits per heavy atom. The summed E-state index contributed by atoms with van der Waals surface area (Å²) in [7, 11) is -3.95. The molecule has 0 bridgehead atoms. The van der Waals surface area contributed by atoms with Gasteiger partial charge in [0.1, 0.15) is 6.04 Å². The topological polar surface area (TPSA) is 121 Å². The molecule has 1 atom stereocenters. The molecule has 126 valence electrons. The van der Waals surface area contributed by atoms with Crippen molar-refractivity contribution in [2.24, 2.45) is 5.73 Å². The zero-order chi connectivity index (χ0) is 17.2. The first-order valence-electron chi connectivity index (χ1n) is 6.75. The summed E-state index contributed by atoms with van der Waals surface area (Å²) < 4.78 is 27.2. The fourth-order valence-electron chi connectivity index (χ4n) is 2.35. The molecule has 3 N–H and O–H groups in total. The number of carbonyl (C=O) groups is 2. The van der Waals surface area contributed by atoms with E-state index in [9.17, 15) is 23.1 Å². The molecule has 23 heavy (non-hydrogen) atoms. The van der Waals surface area contributed by atoms with Gasteiger partial charge in [-0.3, -0.25) is 9.59 Å². The Kier molecular flexibility index (Phi) is 5.60. The molecule has 0 radical (unpaired) electrons. The summed E-state index contributed by atoms with van der Waals surface area (Å²) in [5.74, 6) is -1.70. The van der Waals surface area contributed by atoms with Crippen molar-refractivity contribution in [1.82, 2.24) is 9.21 Å². The van der Waals surface area contributed by atoms with Gasteiger partial charge in [0, 0.05) is 23.2 Å². The highest BCUT2D eigenvalue weighted by Gasteiger charge is 2.41. The Bertz CT molecular complexity index is 707. The van der Waals surface area contributed by atoms with Gasteiger partial charge in [-0.1, -0.05) is 0 Å². The van der Waals surface area contributed by atoms with Gasteiger partial charge in [0.25, 0.3) is 0 Å². The number of rotatable bonds is 4. The highest BCUT2D eigenvalue weighted by atomic mass is 127. The van der Waals surface area contributed by atoms with E-state index in [1.807, 2.05) is 22.6 Å². The van der Waals surface area contributed by atoms with E-state index in [4.69, 9.17) is 5.73 Å². The Labute approximate surface area is 147 Å². The molecular formula is C13H16IN3O5S. The number of carbonyl (C=O) groups excluding carboxylic acids is 1. The number of aliphatic carboxylic acids is 1. The number of hydrogen-bond acceptors (Lipinski definition) is 5. The normalized spacial score (nSPS) is 19.6. The fraction of sp³-hybridized carbons (Fsp3) is 0.385. The lowest BCUT2D eigenvalue weighted by molar-refractivity contribution is -0.145. The van der Waals surface area contributed by atoms with Gasteiger partial charge in [-0.05, 0) is 46.9 Å². The minimum Gasteiger partial charge on any atom is -0.480 e. The second-order valence-corrected chi connectivity index (χ2v) is 8.10. The van der Waals surface area contributed by atoms with Crippen molar-refractivity contribution in [3.8, 4) is 0 Å². The van der Waals surface area contributed by atoms with Crippen LogP contribution in [0.1, 0.15) is 0 Å². The van der Waals surface area contributed by atoms with Crippen molar-refractivity contribution >= 4 is 44.5 Å². The summed E-state index contributed by atoms with van der Waals surface area (Å²) in [5.41, 5.74) is 5.28. The number of sulfonamides is 1. The van der Waals surface area contributed by atoms with Crippen molar-refractivity contribution in [2.45, 2.75) is 10.9 Å². The molecule has 1 aromatic rings. The standard InChI is InChI=1S/C13H16IN3O5S/c14-9-1-3-10(4-2-9)23(21,22)17-6-5-16(12(18)7-15)8-11(17)13(19)20/h1-4,11H,5-8,15H2,(H,19,20). The molecule has 1 saturated heterocycles. The van der Waals surface area contributed by atoms with Crippen LogP contribution >= 0.6 is 22.6 Å². The van der Waals surface area contributed by atoms with E-state index in [2.05, 4.69) is 0 Å². The van der Waals surface area contributed by atoms with Gasteiger partial charge in [-0.15, -0.1) is 0 Å². The van der Waals surface area contributed by atoms with Gasteiger partial charge in [-0.2, -0.15) is 4.31 Å². The van der Waals surface area contributed by atoms with Crippen LogP contribution in [0.15, 0.2) is 29.2 Å². The Morgan fingerprint density at radius 1 is 1.26 bits per heavy atom. The minimum atomic E-state index is -3.95. The van der Waals surface area contributed by atoms with Crippen LogP contribution in [0.5, 0.6) is 0 Å². The SMILES string of the molecule is NCC(=O)N1CCN(S(=O)(=O)c2ccc(I)cc2)C(C(=O)O)C1. The molecule has 1 aliphatic heterocycles. The molecule has 2 rings (SSSR count). The first-order chi connectivity index (χ1) is 10.8. The molecule has 1 aromatic carbocycles. The molecular weight excluding hydrogens is 437 g/mol. The second kappa shape index (κ2) is 7.11. The largest absolute Gasteiger partial charge is 0.480 e. The minimum absolute atomic E-state index is 0.0303. The summed E-state index contributed by atoms with van der Waals surface area (Å²) in [6.45, 7) is -0.425. The van der Waals surface area contributed by atoms with Crippen LogP contribution in [0.3, 0.4) is 0 Å². The van der Waals surface area contributed by atoms with Crippen molar-refractivity contribution < 1.29 is 23.1 Å². The fourth-order valence-corrected chi connectivity index (χ4v) is 4.28. The van der Waals surface area contributed by atoms with E-state index in [0.717, 1.165) is 7.88 Å². The molecule has 10 heteroatoms. The molecule has 0 aliphatic carbocycles. The van der Waals surface area contributed by atoms with Crippen molar-refractivity contribution in [1.29, 1.82) is 0 Å². The highest BCUT2D eigenvalue weighted by Crippen LogP contribution is 2.22. The first-order valence-corrected chi connectivity index (χ1v) is 9.27. The maximum Gasteiger partial charge on any atom is 0.323 e. The van der Waals surface area contributed by atoms with Gasteiger partial charge >= 0.3 is 5.97 Å². The van der Waals surface area contributed by atoms with E-state index >= 15 is 0 Å². The Morgan fingerprint density at radius 3 is 2.39 bits per heavy atom. The third-order valence-electron chi connectivity index (χ3n) is 3.56. The maximum absolute atomic E-state index is 12.7. The molecule has 8 nitrogen and oxygen atoms in total. The smallest absolute Gasteiger partial charge is 0.323 e. The zero-order valence-corrected chi connectivity index (χ0v) is 15.0. The number of nitrogens with zero attached hydrogens (tertiary/aromatic N) is 2. The summed E-state index contributed by atoms with van der Waals surface area (Å²) >= 11 is 2.05. The first kappa shape index (κ1) is 18.1. The predicted octanol–water partition coefficient (Wildman–Crippen LogP) is -0.464. The molecule has 1 fully saturated rings. The lowest BCUT2D eigenvalue weighted by atomic mass is 10.2. The quantitative estimate of drug-likeness (QED) is 0.596. The number of amides is 1. The van der Waals surface area contributed by atoms with Crippen LogP contribution in [0.2, 0.25) is 0 Å². The lowest BCUT2D eigenvalue weighted by Gasteiger charge is -2.38. The van der Waals surface area contributed by atoms with E-state index in [-0.39, 0.29) is 31.1 Å². The lowest BCUT2D eigenvalue weighted by Crippen LogP contribution is -2.59. The second-order valence-electron chi connectivity index (χ2n) is 4.97. The number of nitrogens with two attached hydrogens (primary N) is 1.